The summed E-state index contributed by atoms with van der Waals surface area (Å²) >= 11 is 0. The number of carbonyl (C=O) groups is 1. The molecule has 3 heteroatoms. The van der Waals surface area contributed by atoms with Crippen molar-refractivity contribution in [2.24, 2.45) is 11.3 Å². The van der Waals surface area contributed by atoms with Gasteiger partial charge < -0.3 is 9.84 Å². The van der Waals surface area contributed by atoms with Crippen molar-refractivity contribution < 1.29 is 14.6 Å². The molecule has 0 aromatic rings. The predicted octanol–water partition coefficient (Wildman–Crippen LogP) is 2.17. The van der Waals surface area contributed by atoms with Crippen LogP contribution in [0.2, 0.25) is 0 Å². The van der Waals surface area contributed by atoms with Crippen LogP contribution in [0.15, 0.2) is 23.3 Å². The molecule has 88 valence electrons. The molecule has 0 bridgehead atoms. The van der Waals surface area contributed by atoms with Crippen molar-refractivity contribution in [2.45, 2.75) is 39.9 Å². The summed E-state index contributed by atoms with van der Waals surface area (Å²) < 4.78 is 4.78. The molecular formula is C13H18O3. The molecule has 1 N–H and O–H groups in total. The normalized spacial score (nSPS) is 34.1. The van der Waals surface area contributed by atoms with Crippen LogP contribution in [0.1, 0.15) is 33.6 Å². The number of aliphatic hydroxyl groups is 1. The standard InChI is InChI=1S/C13H18O3/c1-8(2)13(3)6-4-9-10(5-7-13)12(15)16-11(9)14/h4,6,8,11,14H,5,7H2,1-3H3/t11-,13?/m0/s1. The van der Waals surface area contributed by atoms with Crippen LogP contribution in [0.5, 0.6) is 0 Å². The third-order valence-corrected chi connectivity index (χ3v) is 3.96. The Hall–Kier alpha value is -1.09. The molecule has 2 aliphatic rings. The fourth-order valence-corrected chi connectivity index (χ4v) is 2.17. The Morgan fingerprint density at radius 1 is 1.56 bits per heavy atom. The second kappa shape index (κ2) is 3.74. The van der Waals surface area contributed by atoms with Crippen molar-refractivity contribution in [2.75, 3.05) is 0 Å². The Balaban J connectivity index is 2.30. The summed E-state index contributed by atoms with van der Waals surface area (Å²) in [7, 11) is 0. The van der Waals surface area contributed by atoms with Crippen molar-refractivity contribution in [1.82, 2.24) is 0 Å². The van der Waals surface area contributed by atoms with E-state index in [0.717, 1.165) is 6.42 Å². The van der Waals surface area contributed by atoms with E-state index in [1.165, 1.54) is 0 Å². The number of hydrogen-bond acceptors (Lipinski definition) is 3. The largest absolute Gasteiger partial charge is 0.428 e. The van der Waals surface area contributed by atoms with E-state index in [0.29, 0.717) is 23.5 Å². The maximum Gasteiger partial charge on any atom is 0.337 e. The molecule has 1 aliphatic carbocycles. The zero-order valence-electron chi connectivity index (χ0n) is 9.99. The minimum atomic E-state index is -1.06. The van der Waals surface area contributed by atoms with Crippen LogP contribution in [-0.2, 0) is 9.53 Å². The van der Waals surface area contributed by atoms with Gasteiger partial charge in [-0.25, -0.2) is 4.79 Å². The van der Waals surface area contributed by atoms with E-state index in [2.05, 4.69) is 26.8 Å². The lowest BCUT2D eigenvalue weighted by molar-refractivity contribution is -0.151. The summed E-state index contributed by atoms with van der Waals surface area (Å²) in [4.78, 5) is 11.5. The first-order valence-corrected chi connectivity index (χ1v) is 5.75. The van der Waals surface area contributed by atoms with Gasteiger partial charge in [0.25, 0.3) is 0 Å². The molecule has 16 heavy (non-hydrogen) atoms. The maximum atomic E-state index is 11.5. The van der Waals surface area contributed by atoms with E-state index in [4.69, 9.17) is 4.74 Å². The van der Waals surface area contributed by atoms with E-state index in [-0.39, 0.29) is 11.4 Å². The van der Waals surface area contributed by atoms with E-state index >= 15 is 0 Å². The van der Waals surface area contributed by atoms with Gasteiger partial charge in [0.2, 0.25) is 6.29 Å². The summed E-state index contributed by atoms with van der Waals surface area (Å²) in [6.45, 7) is 6.54. The summed E-state index contributed by atoms with van der Waals surface area (Å²) in [6.07, 6.45) is 4.51. The number of cyclic esters (lactones) is 1. The zero-order valence-corrected chi connectivity index (χ0v) is 9.99. The van der Waals surface area contributed by atoms with Gasteiger partial charge in [-0.1, -0.05) is 32.9 Å². The first kappa shape index (κ1) is 11.4. The Labute approximate surface area is 95.8 Å². The number of aliphatic hydroxyl groups excluding tert-OH is 1. The smallest absolute Gasteiger partial charge is 0.337 e. The topological polar surface area (TPSA) is 46.5 Å². The van der Waals surface area contributed by atoms with Crippen molar-refractivity contribution in [3.05, 3.63) is 23.3 Å². The van der Waals surface area contributed by atoms with E-state index in [9.17, 15) is 9.90 Å². The van der Waals surface area contributed by atoms with Crippen LogP contribution in [0.25, 0.3) is 0 Å². The number of esters is 1. The van der Waals surface area contributed by atoms with Gasteiger partial charge in [0.15, 0.2) is 0 Å². The lowest BCUT2D eigenvalue weighted by Gasteiger charge is -2.29. The van der Waals surface area contributed by atoms with Gasteiger partial charge in [-0.3, -0.25) is 0 Å². The molecule has 0 spiro atoms. The molecular weight excluding hydrogens is 204 g/mol. The summed E-state index contributed by atoms with van der Waals surface area (Å²) in [5.41, 5.74) is 1.38. The summed E-state index contributed by atoms with van der Waals surface area (Å²) in [6, 6.07) is 0. The molecule has 0 fully saturated rings. The Morgan fingerprint density at radius 3 is 2.88 bits per heavy atom. The van der Waals surface area contributed by atoms with Gasteiger partial charge in [-0.2, -0.15) is 0 Å². The highest BCUT2D eigenvalue weighted by molar-refractivity contribution is 5.92. The van der Waals surface area contributed by atoms with Gasteiger partial charge >= 0.3 is 5.97 Å². The summed E-state index contributed by atoms with van der Waals surface area (Å²) in [5, 5.41) is 9.58. The van der Waals surface area contributed by atoms with E-state index in [1.807, 2.05) is 6.08 Å². The number of ether oxygens (including phenoxy) is 1. The number of allylic oxidation sites excluding steroid dienone is 1. The third-order valence-electron chi connectivity index (χ3n) is 3.96. The Morgan fingerprint density at radius 2 is 2.25 bits per heavy atom. The molecule has 0 saturated carbocycles. The molecule has 0 amide bonds. The molecule has 0 aromatic heterocycles. The average molecular weight is 222 g/mol. The van der Waals surface area contributed by atoms with Crippen LogP contribution >= 0.6 is 0 Å². The SMILES string of the molecule is CC(C)C1(C)C=CC2=C(CC1)C(=O)O[C@@H]2O. The molecule has 1 aliphatic heterocycles. The second-order valence-corrected chi connectivity index (χ2v) is 5.19. The van der Waals surface area contributed by atoms with Crippen molar-refractivity contribution in [3.8, 4) is 0 Å². The molecule has 0 saturated heterocycles. The lowest BCUT2D eigenvalue weighted by atomic mass is 9.75. The highest BCUT2D eigenvalue weighted by Gasteiger charge is 2.36. The van der Waals surface area contributed by atoms with Gasteiger partial charge in [0.05, 0.1) is 0 Å². The van der Waals surface area contributed by atoms with Gasteiger partial charge in [-0.05, 0) is 24.2 Å². The highest BCUT2D eigenvalue weighted by Crippen LogP contribution is 2.40. The predicted molar refractivity (Wildman–Crippen MR) is 60.4 cm³/mol. The van der Waals surface area contributed by atoms with Crippen LogP contribution in [0.3, 0.4) is 0 Å². The van der Waals surface area contributed by atoms with E-state index in [1.54, 1.807) is 0 Å². The average Bonchev–Trinajstić information content (AvgIpc) is 2.38. The Kier molecular flexibility index (Phi) is 2.66. The number of rotatable bonds is 1. The van der Waals surface area contributed by atoms with Crippen molar-refractivity contribution >= 4 is 5.97 Å². The van der Waals surface area contributed by atoms with Gasteiger partial charge in [0.1, 0.15) is 0 Å². The molecule has 2 atom stereocenters. The lowest BCUT2D eigenvalue weighted by Crippen LogP contribution is -2.21. The number of carbonyl (C=O) groups excluding carboxylic acids is 1. The fraction of sp³-hybridized carbons (Fsp3) is 0.615. The second-order valence-electron chi connectivity index (χ2n) is 5.19. The molecule has 2 rings (SSSR count). The third kappa shape index (κ3) is 1.69. The van der Waals surface area contributed by atoms with Gasteiger partial charge in [-0.15, -0.1) is 0 Å². The quantitative estimate of drug-likeness (QED) is 0.692. The van der Waals surface area contributed by atoms with Crippen molar-refractivity contribution in [1.29, 1.82) is 0 Å². The van der Waals surface area contributed by atoms with Crippen LogP contribution < -0.4 is 0 Å². The summed E-state index contributed by atoms with van der Waals surface area (Å²) in [5.74, 6) is 0.150. The van der Waals surface area contributed by atoms with Crippen LogP contribution in [-0.4, -0.2) is 17.4 Å². The van der Waals surface area contributed by atoms with E-state index < -0.39 is 6.29 Å². The molecule has 1 unspecified atom stereocenters. The maximum absolute atomic E-state index is 11.5. The fourth-order valence-electron chi connectivity index (χ4n) is 2.17. The minimum Gasteiger partial charge on any atom is -0.428 e. The van der Waals surface area contributed by atoms with Crippen LogP contribution in [0.4, 0.5) is 0 Å². The molecule has 1 heterocycles. The monoisotopic (exact) mass is 222 g/mol. The Bertz CT molecular complexity index is 379. The first-order valence-electron chi connectivity index (χ1n) is 5.75. The zero-order chi connectivity index (χ0) is 11.9. The highest BCUT2D eigenvalue weighted by atomic mass is 16.6. The molecule has 0 radical (unpaired) electrons. The number of hydrogen-bond donors (Lipinski definition) is 1. The van der Waals surface area contributed by atoms with Crippen LogP contribution in [0, 0.1) is 11.3 Å². The van der Waals surface area contributed by atoms with Crippen molar-refractivity contribution in [3.63, 3.8) is 0 Å². The first-order chi connectivity index (χ1) is 7.44. The van der Waals surface area contributed by atoms with Gasteiger partial charge in [0, 0.05) is 11.1 Å². The minimum absolute atomic E-state index is 0.0876. The molecule has 3 nitrogen and oxygen atoms in total. The molecule has 0 aromatic carbocycles.